The van der Waals surface area contributed by atoms with E-state index < -0.39 is 21.5 Å². The molecule has 0 aliphatic carbocycles. The highest BCUT2D eigenvalue weighted by Gasteiger charge is 2.34. The van der Waals surface area contributed by atoms with Crippen LogP contribution >= 0.6 is 0 Å². The predicted molar refractivity (Wildman–Crippen MR) is 75.8 cm³/mol. The molecule has 1 aromatic carbocycles. The molecule has 0 fully saturated rings. The normalized spacial score (nSPS) is 16.9. The molecule has 0 saturated carbocycles. The molecule has 0 spiro atoms. The van der Waals surface area contributed by atoms with Gasteiger partial charge in [-0.1, -0.05) is 13.3 Å². The van der Waals surface area contributed by atoms with Gasteiger partial charge in [-0.05, 0) is 31.5 Å². The molecular formula is C14H17NO4S. The molecule has 0 atom stereocenters. The van der Waals surface area contributed by atoms with Crippen LogP contribution in [0.5, 0.6) is 0 Å². The fraction of sp³-hybridized carbons (Fsp3) is 0.429. The van der Waals surface area contributed by atoms with Gasteiger partial charge in [0.1, 0.15) is 5.75 Å². The maximum Gasteiger partial charge on any atom is 0.242 e. The van der Waals surface area contributed by atoms with Crippen molar-refractivity contribution in [2.45, 2.75) is 31.6 Å². The number of hydrogen-bond donors (Lipinski definition) is 0. The Morgan fingerprint density at radius 3 is 2.65 bits per heavy atom. The molecule has 0 N–H and O–H groups in total. The number of carbonyl (C=O) groups is 2. The van der Waals surface area contributed by atoms with E-state index in [1.807, 2.05) is 6.92 Å². The first kappa shape index (κ1) is 14.7. The zero-order valence-corrected chi connectivity index (χ0v) is 12.4. The third-order valence-electron chi connectivity index (χ3n) is 3.34. The van der Waals surface area contributed by atoms with Crippen LogP contribution in [0.4, 0.5) is 5.69 Å². The van der Waals surface area contributed by atoms with E-state index >= 15 is 0 Å². The summed E-state index contributed by atoms with van der Waals surface area (Å²) < 4.78 is 24.2. The third kappa shape index (κ3) is 2.60. The van der Waals surface area contributed by atoms with Crippen molar-refractivity contribution in [3.05, 3.63) is 23.8 Å². The van der Waals surface area contributed by atoms with Gasteiger partial charge in [-0.3, -0.25) is 9.59 Å². The molecule has 0 radical (unpaired) electrons. The minimum absolute atomic E-state index is 0.0842. The van der Waals surface area contributed by atoms with Crippen molar-refractivity contribution >= 4 is 27.2 Å². The van der Waals surface area contributed by atoms with Crippen molar-refractivity contribution in [2.24, 2.45) is 0 Å². The first-order chi connectivity index (χ1) is 9.36. The monoisotopic (exact) mass is 295 g/mol. The van der Waals surface area contributed by atoms with Crippen LogP contribution < -0.4 is 4.90 Å². The van der Waals surface area contributed by atoms with Gasteiger partial charge in [0.2, 0.25) is 5.91 Å². The van der Waals surface area contributed by atoms with Gasteiger partial charge in [-0.15, -0.1) is 0 Å². The Morgan fingerprint density at radius 1 is 1.35 bits per heavy atom. The van der Waals surface area contributed by atoms with Crippen molar-refractivity contribution < 1.29 is 18.0 Å². The van der Waals surface area contributed by atoms with Crippen molar-refractivity contribution in [1.29, 1.82) is 0 Å². The van der Waals surface area contributed by atoms with Gasteiger partial charge in [0.05, 0.1) is 10.6 Å². The molecule has 0 aromatic heterocycles. The summed E-state index contributed by atoms with van der Waals surface area (Å²) in [5, 5.41) is 0. The lowest BCUT2D eigenvalue weighted by Crippen LogP contribution is -2.41. The Bertz CT molecular complexity index is 664. The Kier molecular flexibility index (Phi) is 3.94. The lowest BCUT2D eigenvalue weighted by molar-refractivity contribution is -0.116. The number of anilines is 1. The van der Waals surface area contributed by atoms with E-state index in [1.165, 1.54) is 17.9 Å². The minimum Gasteiger partial charge on any atom is -0.310 e. The van der Waals surface area contributed by atoms with Crippen LogP contribution in [0.15, 0.2) is 23.1 Å². The minimum atomic E-state index is -3.65. The summed E-state index contributed by atoms with van der Waals surface area (Å²) >= 11 is 0. The molecule has 0 saturated heterocycles. The second-order valence-electron chi connectivity index (χ2n) is 4.90. The molecule has 0 unspecified atom stereocenters. The predicted octanol–water partition coefficient (Wildman–Crippen LogP) is 1.81. The summed E-state index contributed by atoms with van der Waals surface area (Å²) in [7, 11) is -3.65. The van der Waals surface area contributed by atoms with Crippen molar-refractivity contribution in [3.63, 3.8) is 0 Å². The van der Waals surface area contributed by atoms with E-state index in [0.29, 0.717) is 17.8 Å². The highest BCUT2D eigenvalue weighted by atomic mass is 32.2. The summed E-state index contributed by atoms with van der Waals surface area (Å²) in [5.41, 5.74) is 0.733. The number of ketones is 1. The van der Waals surface area contributed by atoms with Gasteiger partial charge in [-0.2, -0.15) is 0 Å². The van der Waals surface area contributed by atoms with Crippen LogP contribution in [0, 0.1) is 0 Å². The summed E-state index contributed by atoms with van der Waals surface area (Å²) in [4.78, 5) is 24.9. The number of amides is 1. The van der Waals surface area contributed by atoms with Crippen molar-refractivity contribution in [1.82, 2.24) is 0 Å². The Balaban J connectivity index is 2.55. The maximum absolute atomic E-state index is 12.1. The third-order valence-corrected chi connectivity index (χ3v) is 4.97. The van der Waals surface area contributed by atoms with E-state index in [0.717, 1.165) is 12.8 Å². The summed E-state index contributed by atoms with van der Waals surface area (Å²) in [5.74, 6) is -1.12. The first-order valence-electron chi connectivity index (χ1n) is 6.55. The van der Waals surface area contributed by atoms with Gasteiger partial charge in [0, 0.05) is 12.1 Å². The van der Waals surface area contributed by atoms with Crippen LogP contribution in [-0.2, 0) is 14.6 Å². The number of rotatable bonds is 4. The average molecular weight is 295 g/mol. The zero-order chi connectivity index (χ0) is 14.9. The molecule has 2 rings (SSSR count). The molecule has 6 heteroatoms. The summed E-state index contributed by atoms with van der Waals surface area (Å²) in [6.45, 7) is 3.89. The smallest absolute Gasteiger partial charge is 0.242 e. The quantitative estimate of drug-likeness (QED) is 0.794. The van der Waals surface area contributed by atoms with E-state index in [-0.39, 0.29) is 10.7 Å². The first-order valence-corrected chi connectivity index (χ1v) is 8.20. The molecule has 1 aromatic rings. The molecule has 1 heterocycles. The number of carbonyl (C=O) groups excluding carboxylic acids is 2. The molecule has 0 bridgehead atoms. The number of fused-ring (bicyclic) bond motifs is 1. The van der Waals surface area contributed by atoms with Crippen LogP contribution in [0.1, 0.15) is 37.0 Å². The van der Waals surface area contributed by atoms with E-state index in [4.69, 9.17) is 0 Å². The Hall–Kier alpha value is -1.69. The number of benzene rings is 1. The van der Waals surface area contributed by atoms with Gasteiger partial charge in [-0.25, -0.2) is 8.42 Å². The van der Waals surface area contributed by atoms with Gasteiger partial charge in [0.25, 0.3) is 0 Å². The van der Waals surface area contributed by atoms with Gasteiger partial charge in [0.15, 0.2) is 15.6 Å². The topological polar surface area (TPSA) is 71.5 Å². The zero-order valence-electron chi connectivity index (χ0n) is 11.5. The number of unbranched alkanes of at least 4 members (excludes halogenated alkanes) is 1. The number of hydrogen-bond acceptors (Lipinski definition) is 4. The largest absolute Gasteiger partial charge is 0.310 e. The van der Waals surface area contributed by atoms with E-state index in [1.54, 1.807) is 12.1 Å². The highest BCUT2D eigenvalue weighted by molar-refractivity contribution is 7.92. The molecule has 1 amide bonds. The van der Waals surface area contributed by atoms with E-state index in [2.05, 4.69) is 0 Å². The van der Waals surface area contributed by atoms with Gasteiger partial charge >= 0.3 is 0 Å². The van der Waals surface area contributed by atoms with Crippen LogP contribution in [0.25, 0.3) is 0 Å². The molecule has 108 valence electrons. The average Bonchev–Trinajstić information content (AvgIpc) is 2.37. The number of nitrogens with zero attached hydrogens (tertiary/aromatic N) is 1. The van der Waals surface area contributed by atoms with Crippen LogP contribution in [-0.4, -0.2) is 32.4 Å². The van der Waals surface area contributed by atoms with Crippen LogP contribution in [0.2, 0.25) is 0 Å². The van der Waals surface area contributed by atoms with Crippen molar-refractivity contribution in [3.8, 4) is 0 Å². The second-order valence-corrected chi connectivity index (χ2v) is 6.85. The lowest BCUT2D eigenvalue weighted by Gasteiger charge is -2.29. The standard InChI is InChI=1S/C14H17NO4S/c1-3-4-7-15-12-6-5-11(10(2)16)8-13(12)20(18,19)9-14(15)17/h5-6,8H,3-4,7,9H2,1-2H3. The van der Waals surface area contributed by atoms with Gasteiger partial charge < -0.3 is 4.90 Å². The fourth-order valence-electron chi connectivity index (χ4n) is 2.22. The SMILES string of the molecule is CCCCN1C(=O)CS(=O)(=O)c2cc(C(C)=O)ccc21. The fourth-order valence-corrected chi connectivity index (χ4v) is 3.66. The number of Topliss-reactive ketones (excluding diaryl/α,β-unsaturated/α-hetero) is 1. The van der Waals surface area contributed by atoms with E-state index in [9.17, 15) is 18.0 Å². The molecule has 1 aliphatic rings. The summed E-state index contributed by atoms with van der Waals surface area (Å²) in [6.07, 6.45) is 1.72. The Morgan fingerprint density at radius 2 is 2.05 bits per heavy atom. The molecule has 1 aliphatic heterocycles. The molecular weight excluding hydrogens is 278 g/mol. The highest BCUT2D eigenvalue weighted by Crippen LogP contribution is 2.32. The summed E-state index contributed by atoms with van der Waals surface area (Å²) in [6, 6.07) is 4.49. The second kappa shape index (κ2) is 5.36. The Labute approximate surface area is 118 Å². The maximum atomic E-state index is 12.1. The van der Waals surface area contributed by atoms with Crippen molar-refractivity contribution in [2.75, 3.05) is 17.2 Å². The van der Waals surface area contributed by atoms with Crippen LogP contribution in [0.3, 0.4) is 0 Å². The molecule has 5 nitrogen and oxygen atoms in total. The lowest BCUT2D eigenvalue weighted by atomic mass is 10.1. The molecule has 20 heavy (non-hydrogen) atoms. The number of sulfone groups is 1.